The van der Waals surface area contributed by atoms with E-state index in [1.165, 1.54) is 6.42 Å². The monoisotopic (exact) mass is 226 g/mol. The molecule has 1 atom stereocenters. The third kappa shape index (κ3) is 1.98. The van der Waals surface area contributed by atoms with Crippen molar-refractivity contribution >= 4 is 5.95 Å². The average molecular weight is 226 g/mol. The Morgan fingerprint density at radius 3 is 2.59 bits per heavy atom. The Labute approximate surface area is 100 Å². The van der Waals surface area contributed by atoms with Crippen LogP contribution in [0.3, 0.4) is 0 Å². The SMILES string of the molecule is c1ccc([C@H]2CCCN2c2ncccn2)nc1. The van der Waals surface area contributed by atoms with Crippen molar-refractivity contribution in [2.45, 2.75) is 18.9 Å². The van der Waals surface area contributed by atoms with Crippen molar-refractivity contribution in [3.05, 3.63) is 48.5 Å². The van der Waals surface area contributed by atoms with E-state index >= 15 is 0 Å². The number of anilines is 1. The summed E-state index contributed by atoms with van der Waals surface area (Å²) in [5.41, 5.74) is 1.11. The highest BCUT2D eigenvalue weighted by molar-refractivity contribution is 5.35. The maximum Gasteiger partial charge on any atom is 0.225 e. The Morgan fingerprint density at radius 2 is 1.82 bits per heavy atom. The molecule has 86 valence electrons. The molecule has 0 amide bonds. The zero-order chi connectivity index (χ0) is 11.5. The van der Waals surface area contributed by atoms with Gasteiger partial charge in [0.05, 0.1) is 11.7 Å². The van der Waals surface area contributed by atoms with Crippen LogP contribution in [0.15, 0.2) is 42.9 Å². The Hall–Kier alpha value is -1.97. The van der Waals surface area contributed by atoms with Crippen LogP contribution in [0.2, 0.25) is 0 Å². The molecule has 2 aromatic rings. The summed E-state index contributed by atoms with van der Waals surface area (Å²) in [5.74, 6) is 0.806. The summed E-state index contributed by atoms with van der Waals surface area (Å²) < 4.78 is 0. The first-order valence-corrected chi connectivity index (χ1v) is 5.90. The lowest BCUT2D eigenvalue weighted by atomic mass is 10.1. The van der Waals surface area contributed by atoms with Crippen molar-refractivity contribution < 1.29 is 0 Å². The van der Waals surface area contributed by atoms with E-state index in [1.807, 2.05) is 24.4 Å². The van der Waals surface area contributed by atoms with Crippen LogP contribution in [0, 0.1) is 0 Å². The summed E-state index contributed by atoms with van der Waals surface area (Å²) in [6.45, 7) is 1.01. The minimum Gasteiger partial charge on any atom is -0.332 e. The number of pyridine rings is 1. The molecule has 0 aromatic carbocycles. The summed E-state index contributed by atoms with van der Waals surface area (Å²) in [6.07, 6.45) is 7.71. The third-order valence-corrected chi connectivity index (χ3v) is 3.09. The molecule has 0 spiro atoms. The maximum atomic E-state index is 4.44. The highest BCUT2D eigenvalue weighted by atomic mass is 15.3. The largest absolute Gasteiger partial charge is 0.332 e. The molecular formula is C13H14N4. The van der Waals surface area contributed by atoms with E-state index in [4.69, 9.17) is 0 Å². The number of rotatable bonds is 2. The zero-order valence-corrected chi connectivity index (χ0v) is 9.53. The molecule has 0 unspecified atom stereocenters. The number of hydrogen-bond donors (Lipinski definition) is 0. The van der Waals surface area contributed by atoms with Crippen LogP contribution in [0.4, 0.5) is 5.95 Å². The van der Waals surface area contributed by atoms with Crippen LogP contribution in [0.1, 0.15) is 24.6 Å². The Balaban J connectivity index is 1.91. The van der Waals surface area contributed by atoms with Gasteiger partial charge in [0.1, 0.15) is 0 Å². The van der Waals surface area contributed by atoms with E-state index in [0.29, 0.717) is 6.04 Å². The van der Waals surface area contributed by atoms with Crippen molar-refractivity contribution in [3.63, 3.8) is 0 Å². The summed E-state index contributed by atoms with van der Waals surface area (Å²) >= 11 is 0. The second kappa shape index (κ2) is 4.49. The van der Waals surface area contributed by atoms with E-state index in [2.05, 4.69) is 25.9 Å². The van der Waals surface area contributed by atoms with Crippen LogP contribution < -0.4 is 4.90 Å². The fourth-order valence-corrected chi connectivity index (χ4v) is 2.33. The lowest BCUT2D eigenvalue weighted by molar-refractivity contribution is 0.679. The van der Waals surface area contributed by atoms with Gasteiger partial charge in [-0.3, -0.25) is 4.98 Å². The van der Waals surface area contributed by atoms with Gasteiger partial charge in [-0.1, -0.05) is 6.07 Å². The molecule has 1 fully saturated rings. The van der Waals surface area contributed by atoms with Gasteiger partial charge in [0.15, 0.2) is 0 Å². The molecule has 0 radical (unpaired) electrons. The van der Waals surface area contributed by atoms with E-state index in [0.717, 1.165) is 24.6 Å². The normalized spacial score (nSPS) is 19.5. The van der Waals surface area contributed by atoms with E-state index in [-0.39, 0.29) is 0 Å². The molecule has 3 rings (SSSR count). The molecule has 1 aliphatic heterocycles. The molecule has 0 aliphatic carbocycles. The summed E-state index contributed by atoms with van der Waals surface area (Å²) in [4.78, 5) is 15.3. The van der Waals surface area contributed by atoms with Gasteiger partial charge < -0.3 is 4.90 Å². The molecule has 0 N–H and O–H groups in total. The number of hydrogen-bond acceptors (Lipinski definition) is 4. The van der Waals surface area contributed by atoms with Crippen molar-refractivity contribution in [2.75, 3.05) is 11.4 Å². The van der Waals surface area contributed by atoms with Gasteiger partial charge >= 0.3 is 0 Å². The molecule has 1 aliphatic rings. The Bertz CT molecular complexity index is 426. The van der Waals surface area contributed by atoms with Gasteiger partial charge in [-0.15, -0.1) is 0 Å². The second-order valence-corrected chi connectivity index (χ2v) is 4.15. The molecule has 1 saturated heterocycles. The Morgan fingerprint density at radius 1 is 1.00 bits per heavy atom. The molecular weight excluding hydrogens is 212 g/mol. The van der Waals surface area contributed by atoms with E-state index in [9.17, 15) is 0 Å². The van der Waals surface area contributed by atoms with Crippen LogP contribution in [0.25, 0.3) is 0 Å². The van der Waals surface area contributed by atoms with Crippen molar-refractivity contribution in [1.29, 1.82) is 0 Å². The maximum absolute atomic E-state index is 4.44. The average Bonchev–Trinajstić information content (AvgIpc) is 2.90. The predicted octanol–water partition coefficient (Wildman–Crippen LogP) is 2.21. The first-order chi connectivity index (χ1) is 8.45. The molecule has 17 heavy (non-hydrogen) atoms. The highest BCUT2D eigenvalue weighted by Gasteiger charge is 2.28. The van der Waals surface area contributed by atoms with Crippen LogP contribution in [-0.2, 0) is 0 Å². The molecule has 2 aromatic heterocycles. The Kier molecular flexibility index (Phi) is 2.69. The van der Waals surface area contributed by atoms with Gasteiger partial charge in [0, 0.05) is 25.1 Å². The lowest BCUT2D eigenvalue weighted by Gasteiger charge is -2.23. The van der Waals surface area contributed by atoms with E-state index < -0.39 is 0 Å². The van der Waals surface area contributed by atoms with Gasteiger partial charge in [-0.2, -0.15) is 0 Å². The number of nitrogens with zero attached hydrogens (tertiary/aromatic N) is 4. The zero-order valence-electron chi connectivity index (χ0n) is 9.53. The molecule has 3 heterocycles. The topological polar surface area (TPSA) is 41.9 Å². The van der Waals surface area contributed by atoms with Gasteiger partial charge in [-0.25, -0.2) is 9.97 Å². The van der Waals surface area contributed by atoms with Crippen molar-refractivity contribution in [3.8, 4) is 0 Å². The highest BCUT2D eigenvalue weighted by Crippen LogP contribution is 2.32. The number of aromatic nitrogens is 3. The quantitative estimate of drug-likeness (QED) is 0.787. The van der Waals surface area contributed by atoms with Crippen LogP contribution >= 0.6 is 0 Å². The molecule has 4 nitrogen and oxygen atoms in total. The first kappa shape index (κ1) is 10.2. The van der Waals surface area contributed by atoms with Crippen LogP contribution in [0.5, 0.6) is 0 Å². The fourth-order valence-electron chi connectivity index (χ4n) is 2.33. The van der Waals surface area contributed by atoms with Crippen LogP contribution in [-0.4, -0.2) is 21.5 Å². The third-order valence-electron chi connectivity index (χ3n) is 3.09. The fraction of sp³-hybridized carbons (Fsp3) is 0.308. The standard InChI is InChI=1S/C13H14N4/c1-2-7-14-11(5-1)12-6-3-10-17(12)13-15-8-4-9-16-13/h1-2,4-5,7-9,12H,3,6,10H2/t12-/m1/s1. The predicted molar refractivity (Wildman–Crippen MR) is 65.6 cm³/mol. The van der Waals surface area contributed by atoms with Crippen molar-refractivity contribution in [2.24, 2.45) is 0 Å². The van der Waals surface area contributed by atoms with E-state index in [1.54, 1.807) is 12.4 Å². The first-order valence-electron chi connectivity index (χ1n) is 5.90. The van der Waals surface area contributed by atoms with Gasteiger partial charge in [-0.05, 0) is 31.0 Å². The minimum absolute atomic E-state index is 0.318. The molecule has 0 bridgehead atoms. The molecule has 4 heteroatoms. The second-order valence-electron chi connectivity index (χ2n) is 4.15. The van der Waals surface area contributed by atoms with Gasteiger partial charge in [0.2, 0.25) is 5.95 Å². The summed E-state index contributed by atoms with van der Waals surface area (Å²) in [7, 11) is 0. The summed E-state index contributed by atoms with van der Waals surface area (Å²) in [5, 5.41) is 0. The molecule has 0 saturated carbocycles. The minimum atomic E-state index is 0.318. The lowest BCUT2D eigenvalue weighted by Crippen LogP contribution is -2.25. The van der Waals surface area contributed by atoms with Crippen molar-refractivity contribution in [1.82, 2.24) is 15.0 Å². The summed E-state index contributed by atoms with van der Waals surface area (Å²) in [6, 6.07) is 8.21. The smallest absolute Gasteiger partial charge is 0.225 e. The van der Waals surface area contributed by atoms with Gasteiger partial charge in [0.25, 0.3) is 0 Å².